The Bertz CT molecular complexity index is 682. The zero-order valence-corrected chi connectivity index (χ0v) is 18.3. The Kier molecular flexibility index (Phi) is 15.3. The van der Waals surface area contributed by atoms with Crippen LogP contribution in [0.1, 0.15) is 119 Å². The number of rotatable bonds is 15. The number of hydrogen-bond donors (Lipinski definition) is 1. The van der Waals surface area contributed by atoms with E-state index in [0.717, 1.165) is 12.8 Å². The molecular formula is C27H38O2. The molecule has 1 N–H and O–H groups in total. The molecule has 0 aliphatic carbocycles. The molecule has 0 aromatic heterocycles. The highest BCUT2D eigenvalue weighted by atomic mass is 16.4. The molecule has 0 unspecified atom stereocenters. The molecule has 0 spiro atoms. The van der Waals surface area contributed by atoms with Gasteiger partial charge in [0.1, 0.15) is 0 Å². The molecule has 1 aromatic carbocycles. The summed E-state index contributed by atoms with van der Waals surface area (Å²) in [7, 11) is 0. The molecule has 0 radical (unpaired) electrons. The molecule has 2 nitrogen and oxygen atoms in total. The van der Waals surface area contributed by atoms with E-state index in [1.54, 1.807) is 24.3 Å². The van der Waals surface area contributed by atoms with Crippen LogP contribution >= 0.6 is 0 Å². The van der Waals surface area contributed by atoms with Crippen molar-refractivity contribution in [3.8, 4) is 23.7 Å². The van der Waals surface area contributed by atoms with Crippen molar-refractivity contribution in [2.45, 2.75) is 103 Å². The molecule has 0 bridgehead atoms. The van der Waals surface area contributed by atoms with Gasteiger partial charge in [-0.05, 0) is 36.5 Å². The molecular weight excluding hydrogens is 356 g/mol. The molecule has 1 rings (SSSR count). The van der Waals surface area contributed by atoms with Crippen LogP contribution in [0.4, 0.5) is 0 Å². The zero-order valence-electron chi connectivity index (χ0n) is 18.3. The fraction of sp³-hybridized carbons (Fsp3) is 0.593. The number of aromatic carboxylic acids is 1. The van der Waals surface area contributed by atoms with Gasteiger partial charge in [-0.3, -0.25) is 0 Å². The van der Waals surface area contributed by atoms with Gasteiger partial charge in [-0.25, -0.2) is 4.79 Å². The Labute approximate surface area is 178 Å². The normalized spacial score (nSPS) is 9.97. The van der Waals surface area contributed by atoms with Gasteiger partial charge in [0.2, 0.25) is 0 Å². The van der Waals surface area contributed by atoms with E-state index < -0.39 is 5.97 Å². The third-order valence-corrected chi connectivity index (χ3v) is 5.12. The first-order valence-electron chi connectivity index (χ1n) is 11.6. The molecule has 0 saturated heterocycles. The van der Waals surface area contributed by atoms with E-state index in [1.165, 1.54) is 83.5 Å². The number of benzene rings is 1. The standard InChI is InChI=1S/C27H38O2/c1-2-3-4-5-6-7-8-9-10-11-12-13-14-15-16-17-18-19-21-25-22-20-23-26(24-25)27(28)29/h20,22-24H,2-16H2,1H3,(H,28,29). The minimum Gasteiger partial charge on any atom is -0.478 e. The number of carboxylic acid groups (broad SMARTS) is 1. The van der Waals surface area contributed by atoms with Crippen molar-refractivity contribution >= 4 is 5.97 Å². The van der Waals surface area contributed by atoms with Gasteiger partial charge < -0.3 is 5.11 Å². The van der Waals surface area contributed by atoms with E-state index in [2.05, 4.69) is 30.6 Å². The van der Waals surface area contributed by atoms with Gasteiger partial charge in [-0.15, -0.1) is 0 Å². The largest absolute Gasteiger partial charge is 0.478 e. The lowest BCUT2D eigenvalue weighted by molar-refractivity contribution is 0.0697. The van der Waals surface area contributed by atoms with Crippen LogP contribution in [0.5, 0.6) is 0 Å². The maximum Gasteiger partial charge on any atom is 0.335 e. The van der Waals surface area contributed by atoms with E-state index in [4.69, 9.17) is 5.11 Å². The van der Waals surface area contributed by atoms with Gasteiger partial charge in [0.25, 0.3) is 0 Å². The van der Waals surface area contributed by atoms with Crippen molar-refractivity contribution < 1.29 is 9.90 Å². The Hall–Kier alpha value is -2.19. The third kappa shape index (κ3) is 14.5. The van der Waals surface area contributed by atoms with Gasteiger partial charge >= 0.3 is 5.97 Å². The van der Waals surface area contributed by atoms with Gasteiger partial charge in [0, 0.05) is 12.0 Å². The maximum atomic E-state index is 10.9. The van der Waals surface area contributed by atoms with E-state index in [1.807, 2.05) is 0 Å². The van der Waals surface area contributed by atoms with E-state index in [-0.39, 0.29) is 5.56 Å². The third-order valence-electron chi connectivity index (χ3n) is 5.12. The lowest BCUT2D eigenvalue weighted by Gasteiger charge is -2.02. The van der Waals surface area contributed by atoms with E-state index in [9.17, 15) is 4.79 Å². The predicted octanol–water partition coefficient (Wildman–Crippen LogP) is 7.61. The topological polar surface area (TPSA) is 37.3 Å². The van der Waals surface area contributed by atoms with Crippen molar-refractivity contribution in [3.05, 3.63) is 35.4 Å². The summed E-state index contributed by atoms with van der Waals surface area (Å²) >= 11 is 0. The second kappa shape index (κ2) is 17.9. The summed E-state index contributed by atoms with van der Waals surface area (Å²) in [5.41, 5.74) is 0.947. The number of carboxylic acids is 1. The molecule has 0 saturated carbocycles. The zero-order chi connectivity index (χ0) is 21.0. The number of carbonyl (C=O) groups is 1. The smallest absolute Gasteiger partial charge is 0.335 e. The second-order valence-corrected chi connectivity index (χ2v) is 7.78. The van der Waals surface area contributed by atoms with Gasteiger partial charge in [-0.2, -0.15) is 0 Å². The Balaban J connectivity index is 1.95. The van der Waals surface area contributed by atoms with E-state index in [0.29, 0.717) is 5.56 Å². The monoisotopic (exact) mass is 394 g/mol. The minimum absolute atomic E-state index is 0.257. The summed E-state index contributed by atoms with van der Waals surface area (Å²) in [6.45, 7) is 2.27. The lowest BCUT2D eigenvalue weighted by Crippen LogP contribution is -1.95. The van der Waals surface area contributed by atoms with Gasteiger partial charge in [0.05, 0.1) is 5.56 Å². The van der Waals surface area contributed by atoms with Crippen LogP contribution in [-0.4, -0.2) is 11.1 Å². The van der Waals surface area contributed by atoms with Crippen LogP contribution < -0.4 is 0 Å². The second-order valence-electron chi connectivity index (χ2n) is 7.78. The first-order valence-corrected chi connectivity index (χ1v) is 11.6. The summed E-state index contributed by atoms with van der Waals surface area (Å²) in [6.07, 6.45) is 20.0. The van der Waals surface area contributed by atoms with Gasteiger partial charge in [0.15, 0.2) is 0 Å². The van der Waals surface area contributed by atoms with Crippen LogP contribution in [0.2, 0.25) is 0 Å². The van der Waals surface area contributed by atoms with Crippen molar-refractivity contribution in [2.75, 3.05) is 0 Å². The minimum atomic E-state index is -0.933. The molecule has 0 heterocycles. The molecule has 0 atom stereocenters. The Morgan fingerprint density at radius 1 is 0.793 bits per heavy atom. The average Bonchev–Trinajstić information content (AvgIpc) is 2.73. The van der Waals surface area contributed by atoms with Crippen LogP contribution in [0, 0.1) is 23.7 Å². The Morgan fingerprint density at radius 3 is 1.90 bits per heavy atom. The van der Waals surface area contributed by atoms with Crippen LogP contribution in [0.3, 0.4) is 0 Å². The van der Waals surface area contributed by atoms with E-state index >= 15 is 0 Å². The highest BCUT2D eigenvalue weighted by molar-refractivity contribution is 5.88. The fourth-order valence-electron chi connectivity index (χ4n) is 3.35. The first kappa shape index (κ1) is 24.8. The molecule has 0 aliphatic heterocycles. The maximum absolute atomic E-state index is 10.9. The Morgan fingerprint density at radius 2 is 1.34 bits per heavy atom. The summed E-state index contributed by atoms with van der Waals surface area (Å²) in [5, 5.41) is 8.96. The number of hydrogen-bond acceptors (Lipinski definition) is 1. The summed E-state index contributed by atoms with van der Waals surface area (Å²) in [6, 6.07) is 6.64. The summed E-state index contributed by atoms with van der Waals surface area (Å²) < 4.78 is 0. The SMILES string of the molecule is CCCCCCCCCCCCCCCCC#CC#Cc1cccc(C(=O)O)c1. The average molecular weight is 395 g/mol. The van der Waals surface area contributed by atoms with Crippen molar-refractivity contribution in [1.29, 1.82) is 0 Å². The first-order chi connectivity index (χ1) is 14.2. The number of unbranched alkanes of at least 4 members (excludes halogenated alkanes) is 14. The summed E-state index contributed by atoms with van der Waals surface area (Å²) in [5.74, 6) is 10.8. The van der Waals surface area contributed by atoms with Crippen LogP contribution in [0.25, 0.3) is 0 Å². The fourth-order valence-corrected chi connectivity index (χ4v) is 3.35. The van der Waals surface area contributed by atoms with Crippen LogP contribution in [0.15, 0.2) is 24.3 Å². The molecule has 2 heteroatoms. The predicted molar refractivity (Wildman–Crippen MR) is 123 cm³/mol. The quantitative estimate of drug-likeness (QED) is 0.245. The molecule has 0 fully saturated rings. The molecule has 158 valence electrons. The highest BCUT2D eigenvalue weighted by Gasteiger charge is 2.00. The summed E-state index contributed by atoms with van der Waals surface area (Å²) in [4.78, 5) is 10.9. The van der Waals surface area contributed by atoms with Gasteiger partial charge in [-0.1, -0.05) is 108 Å². The van der Waals surface area contributed by atoms with Crippen molar-refractivity contribution in [3.63, 3.8) is 0 Å². The van der Waals surface area contributed by atoms with Crippen LogP contribution in [-0.2, 0) is 0 Å². The van der Waals surface area contributed by atoms with Crippen molar-refractivity contribution in [1.82, 2.24) is 0 Å². The molecule has 29 heavy (non-hydrogen) atoms. The lowest BCUT2D eigenvalue weighted by atomic mass is 10.0. The van der Waals surface area contributed by atoms with Crippen molar-refractivity contribution in [2.24, 2.45) is 0 Å². The highest BCUT2D eigenvalue weighted by Crippen LogP contribution is 2.13. The molecule has 1 aromatic rings. The molecule has 0 amide bonds. The molecule has 0 aliphatic rings.